The predicted molar refractivity (Wildman–Crippen MR) is 79.0 cm³/mol. The first-order valence-electron chi connectivity index (χ1n) is 6.08. The van der Waals surface area contributed by atoms with Crippen LogP contribution < -0.4 is 4.74 Å². The molecule has 0 aliphatic rings. The number of methoxy groups -OCH3 is 1. The van der Waals surface area contributed by atoms with Crippen LogP contribution in [-0.2, 0) is 11.2 Å². The standard InChI is InChI=1S/C15H14BrNO3/c1-20-14-10(5-4-8-17-14)9-12(15(18)19)11-6-2-3-7-13(11)16/h2-8,12H,9H2,1H3,(H,18,19). The van der Waals surface area contributed by atoms with Gasteiger partial charge >= 0.3 is 5.97 Å². The lowest BCUT2D eigenvalue weighted by Crippen LogP contribution is -2.15. The summed E-state index contributed by atoms with van der Waals surface area (Å²) in [4.78, 5) is 15.7. The second-order valence-electron chi connectivity index (χ2n) is 4.29. The van der Waals surface area contributed by atoms with Crippen molar-refractivity contribution in [3.05, 3.63) is 58.2 Å². The number of hydrogen-bond donors (Lipinski definition) is 1. The molecule has 0 saturated carbocycles. The Balaban J connectivity index is 2.36. The first-order chi connectivity index (χ1) is 9.63. The van der Waals surface area contributed by atoms with Gasteiger partial charge in [0.1, 0.15) is 0 Å². The molecular weight excluding hydrogens is 322 g/mol. The normalized spacial score (nSPS) is 11.9. The molecule has 2 rings (SSSR count). The quantitative estimate of drug-likeness (QED) is 0.910. The minimum absolute atomic E-state index is 0.328. The Morgan fingerprint density at radius 2 is 2.10 bits per heavy atom. The summed E-state index contributed by atoms with van der Waals surface area (Å²) in [6.45, 7) is 0. The van der Waals surface area contributed by atoms with Crippen molar-refractivity contribution in [3.63, 3.8) is 0 Å². The molecular formula is C15H14BrNO3. The van der Waals surface area contributed by atoms with E-state index in [1.54, 1.807) is 12.3 Å². The summed E-state index contributed by atoms with van der Waals surface area (Å²) < 4.78 is 5.96. The zero-order chi connectivity index (χ0) is 14.5. The van der Waals surface area contributed by atoms with Gasteiger partial charge in [0, 0.05) is 16.2 Å². The van der Waals surface area contributed by atoms with Gasteiger partial charge in [-0.2, -0.15) is 0 Å². The fourth-order valence-electron chi connectivity index (χ4n) is 2.07. The third-order valence-corrected chi connectivity index (χ3v) is 3.77. The van der Waals surface area contributed by atoms with E-state index in [-0.39, 0.29) is 0 Å². The third kappa shape index (κ3) is 3.17. The van der Waals surface area contributed by atoms with Gasteiger partial charge in [-0.25, -0.2) is 4.98 Å². The van der Waals surface area contributed by atoms with E-state index >= 15 is 0 Å². The number of benzene rings is 1. The van der Waals surface area contributed by atoms with Crippen LogP contribution in [0.4, 0.5) is 0 Å². The number of aromatic nitrogens is 1. The van der Waals surface area contributed by atoms with E-state index in [1.807, 2.05) is 30.3 Å². The van der Waals surface area contributed by atoms with Crippen molar-refractivity contribution in [3.8, 4) is 5.88 Å². The Morgan fingerprint density at radius 1 is 1.35 bits per heavy atom. The van der Waals surface area contributed by atoms with Crippen LogP contribution in [0, 0.1) is 0 Å². The summed E-state index contributed by atoms with van der Waals surface area (Å²) in [7, 11) is 1.53. The van der Waals surface area contributed by atoms with Gasteiger partial charge in [0.2, 0.25) is 5.88 Å². The van der Waals surface area contributed by atoms with Crippen LogP contribution in [0.1, 0.15) is 17.0 Å². The molecule has 4 nitrogen and oxygen atoms in total. The van der Waals surface area contributed by atoms with Crippen LogP contribution in [0.3, 0.4) is 0 Å². The van der Waals surface area contributed by atoms with Gasteiger partial charge in [-0.15, -0.1) is 0 Å². The lowest BCUT2D eigenvalue weighted by molar-refractivity contribution is -0.138. The molecule has 0 amide bonds. The molecule has 1 heterocycles. The summed E-state index contributed by atoms with van der Waals surface area (Å²) in [6.07, 6.45) is 1.95. The highest BCUT2D eigenvalue weighted by atomic mass is 79.9. The number of carbonyl (C=O) groups is 1. The largest absolute Gasteiger partial charge is 0.481 e. The lowest BCUT2D eigenvalue weighted by atomic mass is 9.92. The number of carboxylic acid groups (broad SMARTS) is 1. The summed E-state index contributed by atoms with van der Waals surface area (Å²) >= 11 is 3.40. The Bertz CT molecular complexity index is 616. The molecule has 1 aromatic heterocycles. The Kier molecular flexibility index (Phi) is 4.74. The van der Waals surface area contributed by atoms with Crippen molar-refractivity contribution in [1.82, 2.24) is 4.98 Å². The van der Waals surface area contributed by atoms with Crippen molar-refractivity contribution in [1.29, 1.82) is 0 Å². The topological polar surface area (TPSA) is 59.4 Å². The zero-order valence-corrected chi connectivity index (χ0v) is 12.5. The predicted octanol–water partition coefficient (Wildman–Crippen LogP) is 3.26. The summed E-state index contributed by atoms with van der Waals surface area (Å²) in [6, 6.07) is 10.9. The van der Waals surface area contributed by atoms with Crippen molar-refractivity contribution >= 4 is 21.9 Å². The number of aliphatic carboxylic acids is 1. The molecule has 1 N–H and O–H groups in total. The Labute approximate surface area is 125 Å². The highest BCUT2D eigenvalue weighted by Gasteiger charge is 2.24. The van der Waals surface area contributed by atoms with Gasteiger partial charge in [0.05, 0.1) is 13.0 Å². The number of rotatable bonds is 5. The van der Waals surface area contributed by atoms with E-state index in [2.05, 4.69) is 20.9 Å². The average molecular weight is 336 g/mol. The van der Waals surface area contributed by atoms with Gasteiger partial charge in [-0.05, 0) is 24.1 Å². The van der Waals surface area contributed by atoms with Crippen LogP contribution in [0.2, 0.25) is 0 Å². The molecule has 0 radical (unpaired) electrons. The first kappa shape index (κ1) is 14.5. The van der Waals surface area contributed by atoms with Crippen LogP contribution in [0.15, 0.2) is 47.1 Å². The number of carboxylic acids is 1. The molecule has 5 heteroatoms. The van der Waals surface area contributed by atoms with Crippen molar-refractivity contribution in [2.75, 3.05) is 7.11 Å². The maximum absolute atomic E-state index is 11.6. The van der Waals surface area contributed by atoms with E-state index < -0.39 is 11.9 Å². The molecule has 1 unspecified atom stereocenters. The average Bonchev–Trinajstić information content (AvgIpc) is 2.46. The third-order valence-electron chi connectivity index (χ3n) is 3.05. The van der Waals surface area contributed by atoms with Gasteiger partial charge in [-0.1, -0.05) is 40.2 Å². The minimum atomic E-state index is -0.872. The zero-order valence-electron chi connectivity index (χ0n) is 10.9. The van der Waals surface area contributed by atoms with Crippen LogP contribution in [0.25, 0.3) is 0 Å². The summed E-state index contributed by atoms with van der Waals surface area (Å²) in [5.74, 6) is -1.06. The fourth-order valence-corrected chi connectivity index (χ4v) is 2.63. The SMILES string of the molecule is COc1ncccc1CC(C(=O)O)c1ccccc1Br. The van der Waals surface area contributed by atoms with Crippen LogP contribution >= 0.6 is 15.9 Å². The maximum Gasteiger partial charge on any atom is 0.311 e. The number of hydrogen-bond acceptors (Lipinski definition) is 3. The molecule has 0 saturated heterocycles. The molecule has 0 spiro atoms. The second-order valence-corrected chi connectivity index (χ2v) is 5.14. The molecule has 0 bridgehead atoms. The number of nitrogens with zero attached hydrogens (tertiary/aromatic N) is 1. The lowest BCUT2D eigenvalue weighted by Gasteiger charge is -2.15. The van der Waals surface area contributed by atoms with Gasteiger partial charge in [-0.3, -0.25) is 4.79 Å². The highest BCUT2D eigenvalue weighted by molar-refractivity contribution is 9.10. The van der Waals surface area contributed by atoms with E-state index in [9.17, 15) is 9.90 Å². The van der Waals surface area contributed by atoms with E-state index in [4.69, 9.17) is 4.74 Å². The van der Waals surface area contributed by atoms with Crippen LogP contribution in [-0.4, -0.2) is 23.2 Å². The van der Waals surface area contributed by atoms with Gasteiger partial charge in [0.15, 0.2) is 0 Å². The molecule has 0 fully saturated rings. The molecule has 0 aliphatic carbocycles. The van der Waals surface area contributed by atoms with E-state index in [1.165, 1.54) is 7.11 Å². The van der Waals surface area contributed by atoms with Gasteiger partial charge in [0.25, 0.3) is 0 Å². The van der Waals surface area contributed by atoms with Crippen molar-refractivity contribution in [2.45, 2.75) is 12.3 Å². The van der Waals surface area contributed by atoms with Gasteiger partial charge < -0.3 is 9.84 Å². The number of pyridine rings is 1. The van der Waals surface area contributed by atoms with Crippen molar-refractivity contribution in [2.24, 2.45) is 0 Å². The minimum Gasteiger partial charge on any atom is -0.481 e. The maximum atomic E-state index is 11.6. The molecule has 1 aromatic carbocycles. The molecule has 0 aliphatic heterocycles. The number of halogens is 1. The molecule has 2 aromatic rings. The molecule has 20 heavy (non-hydrogen) atoms. The monoisotopic (exact) mass is 335 g/mol. The first-order valence-corrected chi connectivity index (χ1v) is 6.88. The summed E-state index contributed by atoms with van der Waals surface area (Å²) in [5.41, 5.74) is 1.52. The molecule has 1 atom stereocenters. The summed E-state index contributed by atoms with van der Waals surface area (Å²) in [5, 5.41) is 9.49. The van der Waals surface area contributed by atoms with E-state index in [0.29, 0.717) is 12.3 Å². The van der Waals surface area contributed by atoms with Crippen LogP contribution in [0.5, 0.6) is 5.88 Å². The smallest absolute Gasteiger partial charge is 0.311 e. The van der Waals surface area contributed by atoms with E-state index in [0.717, 1.165) is 15.6 Å². The Hall–Kier alpha value is -1.88. The second kappa shape index (κ2) is 6.52. The molecule has 104 valence electrons. The Morgan fingerprint density at radius 3 is 2.75 bits per heavy atom. The highest BCUT2D eigenvalue weighted by Crippen LogP contribution is 2.30. The number of ether oxygens (including phenoxy) is 1. The fraction of sp³-hybridized carbons (Fsp3) is 0.200. The van der Waals surface area contributed by atoms with Crippen molar-refractivity contribution < 1.29 is 14.6 Å².